The summed E-state index contributed by atoms with van der Waals surface area (Å²) < 4.78 is 5.18. The van der Waals surface area contributed by atoms with E-state index < -0.39 is 0 Å². The molecule has 2 N–H and O–H groups in total. The minimum Gasteiger partial charge on any atom is -0.345 e. The van der Waals surface area contributed by atoms with E-state index in [4.69, 9.17) is 4.52 Å². The highest BCUT2D eigenvalue weighted by atomic mass is 16.5. The lowest BCUT2D eigenvalue weighted by atomic mass is 10.0. The summed E-state index contributed by atoms with van der Waals surface area (Å²) in [6.07, 6.45) is 5.64. The molecule has 1 aliphatic rings. The first kappa shape index (κ1) is 14.6. The molecule has 7 heteroatoms. The molecule has 1 atom stereocenters. The lowest BCUT2D eigenvalue weighted by Gasteiger charge is -2.13. The second-order valence-electron chi connectivity index (χ2n) is 5.83. The fraction of sp³-hybridized carbons (Fsp3) is 0.294. The van der Waals surface area contributed by atoms with Gasteiger partial charge in [-0.1, -0.05) is 24.2 Å². The van der Waals surface area contributed by atoms with Gasteiger partial charge in [-0.25, -0.2) is 0 Å². The van der Waals surface area contributed by atoms with Crippen LogP contribution in [0.5, 0.6) is 0 Å². The number of benzene rings is 1. The van der Waals surface area contributed by atoms with Crippen molar-refractivity contribution < 1.29 is 9.32 Å². The van der Waals surface area contributed by atoms with E-state index in [2.05, 4.69) is 31.7 Å². The number of carbonyl (C=O) groups excluding carboxylic acids is 1. The Morgan fingerprint density at radius 2 is 2.38 bits per heavy atom. The molecular formula is C17H17N5O2. The molecule has 2 aromatic heterocycles. The van der Waals surface area contributed by atoms with Gasteiger partial charge in [-0.15, -0.1) is 0 Å². The summed E-state index contributed by atoms with van der Waals surface area (Å²) in [6, 6.07) is 6.13. The van der Waals surface area contributed by atoms with Gasteiger partial charge in [0, 0.05) is 18.2 Å². The number of aromatic amines is 1. The molecule has 2 heterocycles. The number of rotatable bonds is 4. The third kappa shape index (κ3) is 2.58. The van der Waals surface area contributed by atoms with Crippen molar-refractivity contribution in [3.05, 3.63) is 53.2 Å². The number of hydrogen-bond donors (Lipinski definition) is 2. The highest BCUT2D eigenvalue weighted by Crippen LogP contribution is 2.33. The zero-order valence-electron chi connectivity index (χ0n) is 13.2. The smallest absolute Gasteiger partial charge is 0.254 e. The van der Waals surface area contributed by atoms with Gasteiger partial charge < -0.3 is 9.84 Å². The number of carbonyl (C=O) groups is 1. The number of amides is 1. The van der Waals surface area contributed by atoms with Crippen molar-refractivity contribution in [1.29, 1.82) is 0 Å². The van der Waals surface area contributed by atoms with Gasteiger partial charge in [0.05, 0.1) is 17.8 Å². The van der Waals surface area contributed by atoms with Gasteiger partial charge in [0.2, 0.25) is 11.7 Å². The van der Waals surface area contributed by atoms with Crippen LogP contribution in [0.2, 0.25) is 0 Å². The maximum atomic E-state index is 12.2. The van der Waals surface area contributed by atoms with Gasteiger partial charge in [-0.3, -0.25) is 9.89 Å². The van der Waals surface area contributed by atoms with Crippen LogP contribution in [-0.2, 0) is 12.8 Å². The molecule has 0 saturated heterocycles. The van der Waals surface area contributed by atoms with Crippen molar-refractivity contribution in [1.82, 2.24) is 25.7 Å². The fourth-order valence-corrected chi connectivity index (χ4v) is 3.04. The molecule has 1 aliphatic carbocycles. The van der Waals surface area contributed by atoms with E-state index in [0.29, 0.717) is 17.3 Å². The molecule has 122 valence electrons. The molecule has 3 aromatic rings. The molecule has 0 aliphatic heterocycles. The summed E-state index contributed by atoms with van der Waals surface area (Å²) in [5, 5.41) is 13.5. The molecule has 0 radical (unpaired) electrons. The van der Waals surface area contributed by atoms with Crippen molar-refractivity contribution in [2.75, 3.05) is 0 Å². The van der Waals surface area contributed by atoms with Crippen LogP contribution in [0.15, 0.2) is 35.1 Å². The fourth-order valence-electron chi connectivity index (χ4n) is 3.04. The summed E-state index contributed by atoms with van der Waals surface area (Å²) in [6.45, 7) is 1.98. The van der Waals surface area contributed by atoms with Crippen LogP contribution in [0.3, 0.4) is 0 Å². The van der Waals surface area contributed by atoms with Gasteiger partial charge in [0.1, 0.15) is 0 Å². The van der Waals surface area contributed by atoms with Crippen LogP contribution < -0.4 is 5.32 Å². The summed E-state index contributed by atoms with van der Waals surface area (Å²) in [5.74, 6) is 1.13. The second kappa shape index (κ2) is 5.92. The largest absolute Gasteiger partial charge is 0.345 e. The molecule has 1 amide bonds. The third-order valence-electron chi connectivity index (χ3n) is 4.32. The van der Waals surface area contributed by atoms with Gasteiger partial charge in [-0.05, 0) is 30.0 Å². The normalized spacial score (nSPS) is 16.1. The van der Waals surface area contributed by atoms with E-state index in [0.717, 1.165) is 30.4 Å². The average Bonchev–Trinajstić information content (AvgIpc) is 3.35. The Morgan fingerprint density at radius 3 is 3.12 bits per heavy atom. The zero-order chi connectivity index (χ0) is 16.5. The maximum Gasteiger partial charge on any atom is 0.254 e. The number of fused-ring (bicyclic) bond motifs is 1. The SMILES string of the molecule is CCc1nc(-c2ccc3c(c2)CC[C@H]3NC(=O)c2cn[nH]c2)no1. The van der Waals surface area contributed by atoms with Crippen molar-refractivity contribution in [2.45, 2.75) is 32.2 Å². The van der Waals surface area contributed by atoms with Crippen LogP contribution in [-0.4, -0.2) is 26.2 Å². The van der Waals surface area contributed by atoms with E-state index in [1.807, 2.05) is 19.1 Å². The number of aryl methyl sites for hydroxylation is 2. The average molecular weight is 323 g/mol. The Morgan fingerprint density at radius 1 is 1.46 bits per heavy atom. The number of nitrogens with one attached hydrogen (secondary N) is 2. The van der Waals surface area contributed by atoms with Crippen LogP contribution in [0.25, 0.3) is 11.4 Å². The molecule has 0 fully saturated rings. The summed E-state index contributed by atoms with van der Waals surface area (Å²) in [7, 11) is 0. The van der Waals surface area contributed by atoms with E-state index in [1.54, 1.807) is 6.20 Å². The summed E-state index contributed by atoms with van der Waals surface area (Å²) >= 11 is 0. The standard InChI is InChI=1S/C17H17N5O2/c1-2-15-21-16(22-24-15)11-3-5-13-10(7-11)4-6-14(13)20-17(23)12-8-18-19-9-12/h3,5,7-9,14H,2,4,6H2,1H3,(H,18,19)(H,20,23)/t14-/m1/s1. The first-order chi connectivity index (χ1) is 11.7. The van der Waals surface area contributed by atoms with Gasteiger partial charge in [0.15, 0.2) is 0 Å². The lowest BCUT2D eigenvalue weighted by molar-refractivity contribution is 0.0937. The van der Waals surface area contributed by atoms with Crippen molar-refractivity contribution in [3.8, 4) is 11.4 Å². The van der Waals surface area contributed by atoms with Gasteiger partial charge in [0.25, 0.3) is 5.91 Å². The zero-order valence-corrected chi connectivity index (χ0v) is 13.2. The lowest BCUT2D eigenvalue weighted by Crippen LogP contribution is -2.26. The Labute approximate surface area is 138 Å². The topological polar surface area (TPSA) is 96.7 Å². The molecule has 0 saturated carbocycles. The van der Waals surface area contributed by atoms with Crippen molar-refractivity contribution in [2.24, 2.45) is 0 Å². The first-order valence-electron chi connectivity index (χ1n) is 8.00. The van der Waals surface area contributed by atoms with Gasteiger partial charge in [-0.2, -0.15) is 10.1 Å². The molecule has 4 rings (SSSR count). The van der Waals surface area contributed by atoms with Crippen LogP contribution in [0.1, 0.15) is 46.8 Å². The van der Waals surface area contributed by atoms with Crippen LogP contribution in [0, 0.1) is 0 Å². The molecular weight excluding hydrogens is 306 g/mol. The molecule has 0 bridgehead atoms. The molecule has 1 aromatic carbocycles. The number of aromatic nitrogens is 4. The molecule has 0 spiro atoms. The maximum absolute atomic E-state index is 12.2. The summed E-state index contributed by atoms with van der Waals surface area (Å²) in [4.78, 5) is 16.6. The number of nitrogens with zero attached hydrogens (tertiary/aromatic N) is 3. The quantitative estimate of drug-likeness (QED) is 0.768. The predicted molar refractivity (Wildman–Crippen MR) is 86.2 cm³/mol. The summed E-state index contributed by atoms with van der Waals surface area (Å²) in [5.41, 5.74) is 3.85. The van der Waals surface area contributed by atoms with E-state index >= 15 is 0 Å². The van der Waals surface area contributed by atoms with Crippen LogP contribution in [0.4, 0.5) is 0 Å². The Kier molecular flexibility index (Phi) is 3.60. The van der Waals surface area contributed by atoms with Crippen LogP contribution >= 0.6 is 0 Å². The Bertz CT molecular complexity index is 869. The molecule has 7 nitrogen and oxygen atoms in total. The Hall–Kier alpha value is -2.96. The first-order valence-corrected chi connectivity index (χ1v) is 8.00. The van der Waals surface area contributed by atoms with Crippen molar-refractivity contribution >= 4 is 5.91 Å². The molecule has 0 unspecified atom stereocenters. The van der Waals surface area contributed by atoms with Gasteiger partial charge >= 0.3 is 0 Å². The van der Waals surface area contributed by atoms with E-state index in [-0.39, 0.29) is 11.9 Å². The minimum atomic E-state index is -0.114. The van der Waals surface area contributed by atoms with E-state index in [9.17, 15) is 4.79 Å². The number of hydrogen-bond acceptors (Lipinski definition) is 5. The van der Waals surface area contributed by atoms with E-state index in [1.165, 1.54) is 11.8 Å². The Balaban J connectivity index is 1.55. The minimum absolute atomic E-state index is 0.0212. The number of H-pyrrole nitrogens is 1. The third-order valence-corrected chi connectivity index (χ3v) is 4.32. The molecule has 24 heavy (non-hydrogen) atoms. The van der Waals surface area contributed by atoms with Crippen molar-refractivity contribution in [3.63, 3.8) is 0 Å². The predicted octanol–water partition coefficient (Wildman–Crippen LogP) is 2.44. The monoisotopic (exact) mass is 323 g/mol. The second-order valence-corrected chi connectivity index (χ2v) is 5.83. The highest BCUT2D eigenvalue weighted by molar-refractivity contribution is 5.94. The highest BCUT2D eigenvalue weighted by Gasteiger charge is 2.25.